The molecule has 1 aromatic rings. The van der Waals surface area contributed by atoms with Gasteiger partial charge in [0.15, 0.2) is 0 Å². The summed E-state index contributed by atoms with van der Waals surface area (Å²) in [6.07, 6.45) is 5.58. The molecule has 13 heavy (non-hydrogen) atoms. The quantitative estimate of drug-likeness (QED) is 0.666. The van der Waals surface area contributed by atoms with Crippen LogP contribution in [0.5, 0.6) is 0 Å². The lowest BCUT2D eigenvalue weighted by Crippen LogP contribution is -1.95. The van der Waals surface area contributed by atoms with Crippen molar-refractivity contribution < 1.29 is 17.5 Å². The van der Waals surface area contributed by atoms with Crippen LogP contribution in [0.1, 0.15) is 19.9 Å². The summed E-state index contributed by atoms with van der Waals surface area (Å²) in [6, 6.07) is 0.539. The molecule has 1 aromatic heterocycles. The molecule has 0 bridgehead atoms. The second-order valence-electron chi connectivity index (χ2n) is 2.55. The highest BCUT2D eigenvalue weighted by atomic mass is 32.3. The van der Waals surface area contributed by atoms with E-state index in [1.54, 1.807) is 6.20 Å². The summed E-state index contributed by atoms with van der Waals surface area (Å²) in [4.78, 5) is 3.91. The molecular formula is C6H12N2O4S. The topological polar surface area (TPSA) is 92.4 Å². The molecular weight excluding hydrogens is 196 g/mol. The van der Waals surface area contributed by atoms with Crippen LogP contribution >= 0.6 is 0 Å². The van der Waals surface area contributed by atoms with Crippen LogP contribution in [0.4, 0.5) is 0 Å². The monoisotopic (exact) mass is 208 g/mol. The van der Waals surface area contributed by atoms with Crippen LogP contribution in [0.15, 0.2) is 18.7 Å². The van der Waals surface area contributed by atoms with Crippen LogP contribution in [0.3, 0.4) is 0 Å². The van der Waals surface area contributed by atoms with Crippen LogP contribution in [-0.4, -0.2) is 27.1 Å². The minimum Gasteiger partial charge on any atom is -0.335 e. The molecule has 1 rings (SSSR count). The van der Waals surface area contributed by atoms with E-state index in [0.717, 1.165) is 0 Å². The third kappa shape index (κ3) is 8.99. The van der Waals surface area contributed by atoms with Gasteiger partial charge in [-0.05, 0) is 13.8 Å². The van der Waals surface area contributed by atoms with Gasteiger partial charge in [-0.1, -0.05) is 0 Å². The van der Waals surface area contributed by atoms with Crippen molar-refractivity contribution in [2.75, 3.05) is 0 Å². The number of hydrogen-bond donors (Lipinski definition) is 2. The van der Waals surface area contributed by atoms with Crippen LogP contribution < -0.4 is 0 Å². The molecule has 6 nitrogen and oxygen atoms in total. The number of aromatic nitrogens is 2. The first-order chi connectivity index (χ1) is 5.80. The summed E-state index contributed by atoms with van der Waals surface area (Å²) in [5.41, 5.74) is 0. The van der Waals surface area contributed by atoms with Crippen LogP contribution in [0, 0.1) is 0 Å². The van der Waals surface area contributed by atoms with Gasteiger partial charge in [0.1, 0.15) is 0 Å². The van der Waals surface area contributed by atoms with Gasteiger partial charge >= 0.3 is 10.4 Å². The SMILES string of the molecule is CC(C)n1ccnc1.O=S(=O)(O)O. The summed E-state index contributed by atoms with van der Waals surface area (Å²) in [5.74, 6) is 0. The van der Waals surface area contributed by atoms with E-state index in [-0.39, 0.29) is 0 Å². The highest BCUT2D eigenvalue weighted by Gasteiger charge is 1.90. The molecule has 0 saturated heterocycles. The minimum absolute atomic E-state index is 0.539. The van der Waals surface area contributed by atoms with Crippen LogP contribution in [-0.2, 0) is 10.4 Å². The Morgan fingerprint density at radius 2 is 1.85 bits per heavy atom. The number of rotatable bonds is 1. The molecule has 0 atom stereocenters. The predicted octanol–water partition coefficient (Wildman–Crippen LogP) is 0.811. The normalized spacial score (nSPS) is 10.8. The third-order valence-corrected chi connectivity index (χ3v) is 1.12. The van der Waals surface area contributed by atoms with Crippen molar-refractivity contribution in [1.29, 1.82) is 0 Å². The molecule has 7 heteroatoms. The maximum atomic E-state index is 8.74. The second-order valence-corrected chi connectivity index (χ2v) is 3.45. The highest BCUT2D eigenvalue weighted by Crippen LogP contribution is 1.99. The molecule has 0 spiro atoms. The van der Waals surface area contributed by atoms with E-state index in [9.17, 15) is 0 Å². The van der Waals surface area contributed by atoms with E-state index in [1.165, 1.54) is 0 Å². The van der Waals surface area contributed by atoms with Crippen LogP contribution in [0.25, 0.3) is 0 Å². The number of imidazole rings is 1. The molecule has 2 N–H and O–H groups in total. The molecule has 0 aliphatic rings. The Hall–Kier alpha value is -0.920. The largest absolute Gasteiger partial charge is 0.394 e. The van der Waals surface area contributed by atoms with Crippen LogP contribution in [0.2, 0.25) is 0 Å². The van der Waals surface area contributed by atoms with Gasteiger partial charge < -0.3 is 4.57 Å². The summed E-state index contributed by atoms with van der Waals surface area (Å²) in [7, 11) is -4.67. The zero-order valence-corrected chi connectivity index (χ0v) is 8.14. The Balaban J connectivity index is 0.000000252. The maximum absolute atomic E-state index is 8.74. The molecule has 0 aromatic carbocycles. The first-order valence-electron chi connectivity index (χ1n) is 3.48. The average molecular weight is 208 g/mol. The Morgan fingerprint density at radius 3 is 2.00 bits per heavy atom. The van der Waals surface area contributed by atoms with Crippen molar-refractivity contribution in [2.24, 2.45) is 0 Å². The summed E-state index contributed by atoms with van der Waals surface area (Å²) < 4.78 is 33.6. The van der Waals surface area contributed by atoms with Gasteiger partial charge in [0.2, 0.25) is 0 Å². The summed E-state index contributed by atoms with van der Waals surface area (Å²) in [6.45, 7) is 4.25. The fraction of sp³-hybridized carbons (Fsp3) is 0.500. The third-order valence-electron chi connectivity index (χ3n) is 1.12. The number of nitrogens with zero attached hydrogens (tertiary/aromatic N) is 2. The van der Waals surface area contributed by atoms with Crippen molar-refractivity contribution in [2.45, 2.75) is 19.9 Å². The fourth-order valence-corrected chi connectivity index (χ4v) is 0.575. The van der Waals surface area contributed by atoms with Crippen molar-refractivity contribution in [3.05, 3.63) is 18.7 Å². The molecule has 0 unspecified atom stereocenters. The Morgan fingerprint density at radius 1 is 1.38 bits per heavy atom. The average Bonchev–Trinajstić information content (AvgIpc) is 2.31. The lowest BCUT2D eigenvalue weighted by molar-refractivity contribution is 0.381. The summed E-state index contributed by atoms with van der Waals surface area (Å²) >= 11 is 0. The second kappa shape index (κ2) is 4.95. The molecule has 0 aliphatic carbocycles. The molecule has 0 radical (unpaired) electrons. The van der Waals surface area contributed by atoms with Gasteiger partial charge in [0, 0.05) is 18.4 Å². The smallest absolute Gasteiger partial charge is 0.335 e. The van der Waals surface area contributed by atoms with E-state index in [2.05, 4.69) is 23.4 Å². The first-order valence-corrected chi connectivity index (χ1v) is 4.87. The van der Waals surface area contributed by atoms with Crippen molar-refractivity contribution in [3.8, 4) is 0 Å². The lowest BCUT2D eigenvalue weighted by atomic mass is 10.4. The van der Waals surface area contributed by atoms with E-state index in [0.29, 0.717) is 6.04 Å². The zero-order chi connectivity index (χ0) is 10.5. The highest BCUT2D eigenvalue weighted by molar-refractivity contribution is 7.79. The van der Waals surface area contributed by atoms with Gasteiger partial charge in [0.25, 0.3) is 0 Å². The van der Waals surface area contributed by atoms with E-state index in [4.69, 9.17) is 17.5 Å². The molecule has 0 saturated carbocycles. The van der Waals surface area contributed by atoms with Gasteiger partial charge in [-0.3, -0.25) is 9.11 Å². The Labute approximate surface area is 76.8 Å². The van der Waals surface area contributed by atoms with Gasteiger partial charge in [-0.2, -0.15) is 8.42 Å². The van der Waals surface area contributed by atoms with Crippen molar-refractivity contribution >= 4 is 10.4 Å². The zero-order valence-electron chi connectivity index (χ0n) is 7.32. The maximum Gasteiger partial charge on any atom is 0.394 e. The number of hydrogen-bond acceptors (Lipinski definition) is 3. The lowest BCUT2D eigenvalue weighted by Gasteiger charge is -2.02. The Bertz CT molecular complexity index is 308. The fourth-order valence-electron chi connectivity index (χ4n) is 0.575. The molecule has 0 fully saturated rings. The summed E-state index contributed by atoms with van der Waals surface area (Å²) in [5, 5.41) is 0. The van der Waals surface area contributed by atoms with E-state index >= 15 is 0 Å². The van der Waals surface area contributed by atoms with Gasteiger partial charge in [0.05, 0.1) is 6.33 Å². The van der Waals surface area contributed by atoms with Crippen molar-refractivity contribution in [3.63, 3.8) is 0 Å². The van der Waals surface area contributed by atoms with E-state index in [1.807, 2.05) is 12.5 Å². The Kier molecular flexibility index (Phi) is 4.60. The van der Waals surface area contributed by atoms with E-state index < -0.39 is 10.4 Å². The molecule has 0 amide bonds. The minimum atomic E-state index is -4.67. The standard InChI is InChI=1S/C6H10N2.H2O4S/c1-6(2)8-4-3-7-5-8;1-5(2,3)4/h3-6H,1-2H3;(H2,1,2,3,4). The first kappa shape index (κ1) is 12.1. The van der Waals surface area contributed by atoms with Crippen molar-refractivity contribution in [1.82, 2.24) is 9.55 Å². The molecule has 76 valence electrons. The van der Waals surface area contributed by atoms with Gasteiger partial charge in [-0.15, -0.1) is 0 Å². The molecule has 0 aliphatic heterocycles. The van der Waals surface area contributed by atoms with Gasteiger partial charge in [-0.25, -0.2) is 4.98 Å². The molecule has 1 heterocycles. The predicted molar refractivity (Wildman–Crippen MR) is 46.8 cm³/mol.